The molecule has 1 aromatic heterocycles. The Morgan fingerprint density at radius 1 is 0.600 bits per heavy atom. The van der Waals surface area contributed by atoms with Gasteiger partial charge in [0.2, 0.25) is 5.89 Å². The first-order chi connectivity index (χ1) is 12.4. The van der Waals surface area contributed by atoms with Crippen LogP contribution in [0.5, 0.6) is 0 Å². The molecule has 4 aromatic carbocycles. The van der Waals surface area contributed by atoms with Crippen molar-refractivity contribution in [3.05, 3.63) is 91.0 Å². The highest BCUT2D eigenvalue weighted by Gasteiger charge is 2.13. The lowest BCUT2D eigenvalue weighted by atomic mass is 9.97. The molecule has 118 valence electrons. The average molecular weight is 321 g/mol. The van der Waals surface area contributed by atoms with Gasteiger partial charge < -0.3 is 4.42 Å². The van der Waals surface area contributed by atoms with E-state index in [1.54, 1.807) is 0 Å². The van der Waals surface area contributed by atoms with Gasteiger partial charge in [0.25, 0.3) is 0 Å². The number of hydrogen-bond acceptors (Lipinski definition) is 2. The number of aromatic nitrogens is 1. The highest BCUT2D eigenvalue weighted by atomic mass is 16.3. The normalized spacial score (nSPS) is 11.2. The Balaban J connectivity index is 1.71. The van der Waals surface area contributed by atoms with Gasteiger partial charge in [0.15, 0.2) is 5.58 Å². The van der Waals surface area contributed by atoms with Crippen LogP contribution in [0.15, 0.2) is 95.4 Å². The average Bonchev–Trinajstić information content (AvgIpc) is 3.12. The number of oxazole rings is 1. The van der Waals surface area contributed by atoms with Crippen LogP contribution in [0.3, 0.4) is 0 Å². The summed E-state index contributed by atoms with van der Waals surface area (Å²) in [5.41, 5.74) is 4.99. The molecule has 0 fully saturated rings. The number of para-hydroxylation sites is 2. The van der Waals surface area contributed by atoms with E-state index in [0.29, 0.717) is 5.89 Å². The predicted molar refractivity (Wildman–Crippen MR) is 102 cm³/mol. The van der Waals surface area contributed by atoms with Crippen molar-refractivity contribution in [2.24, 2.45) is 0 Å². The number of nitrogens with zero attached hydrogens (tertiary/aromatic N) is 1. The van der Waals surface area contributed by atoms with Crippen LogP contribution in [0.1, 0.15) is 0 Å². The van der Waals surface area contributed by atoms with Crippen LogP contribution in [0.4, 0.5) is 0 Å². The molecule has 0 bridgehead atoms. The number of hydrogen-bond donors (Lipinski definition) is 0. The van der Waals surface area contributed by atoms with Gasteiger partial charge >= 0.3 is 0 Å². The van der Waals surface area contributed by atoms with Gasteiger partial charge in [0, 0.05) is 5.56 Å². The minimum Gasteiger partial charge on any atom is -0.436 e. The Hall–Kier alpha value is -3.39. The SMILES string of the molecule is c1ccc(-c2nc3ccccc3o2)c(-c2ccc3ccccc3c2)c1. The summed E-state index contributed by atoms with van der Waals surface area (Å²) in [5, 5.41) is 2.47. The molecule has 0 amide bonds. The second-order valence-corrected chi connectivity index (χ2v) is 6.09. The van der Waals surface area contributed by atoms with E-state index in [-0.39, 0.29) is 0 Å². The summed E-state index contributed by atoms with van der Waals surface area (Å²) in [5.74, 6) is 0.657. The molecule has 0 atom stereocenters. The van der Waals surface area contributed by atoms with Crippen LogP contribution in [0, 0.1) is 0 Å². The van der Waals surface area contributed by atoms with E-state index < -0.39 is 0 Å². The Morgan fingerprint density at radius 3 is 2.20 bits per heavy atom. The van der Waals surface area contributed by atoms with E-state index in [9.17, 15) is 0 Å². The number of benzene rings is 4. The lowest BCUT2D eigenvalue weighted by Gasteiger charge is -2.08. The summed E-state index contributed by atoms with van der Waals surface area (Å²) in [6.45, 7) is 0. The lowest BCUT2D eigenvalue weighted by molar-refractivity contribution is 0.620. The minimum absolute atomic E-state index is 0.657. The molecule has 1 heterocycles. The van der Waals surface area contributed by atoms with Gasteiger partial charge in [-0.05, 0) is 46.2 Å². The molecule has 0 aliphatic carbocycles. The van der Waals surface area contributed by atoms with E-state index in [2.05, 4.69) is 65.6 Å². The highest BCUT2D eigenvalue weighted by molar-refractivity contribution is 5.91. The quantitative estimate of drug-likeness (QED) is 0.380. The van der Waals surface area contributed by atoms with Gasteiger partial charge in [-0.15, -0.1) is 0 Å². The monoisotopic (exact) mass is 321 g/mol. The van der Waals surface area contributed by atoms with Gasteiger partial charge in [-0.3, -0.25) is 0 Å². The summed E-state index contributed by atoms with van der Waals surface area (Å²) in [7, 11) is 0. The molecule has 0 radical (unpaired) electrons. The second kappa shape index (κ2) is 5.60. The van der Waals surface area contributed by atoms with E-state index in [4.69, 9.17) is 4.42 Å². The maximum atomic E-state index is 5.99. The third kappa shape index (κ3) is 2.39. The third-order valence-corrected chi connectivity index (χ3v) is 4.51. The summed E-state index contributed by atoms with van der Waals surface area (Å²) >= 11 is 0. The first-order valence-electron chi connectivity index (χ1n) is 8.33. The molecule has 25 heavy (non-hydrogen) atoms. The van der Waals surface area contributed by atoms with Crippen LogP contribution in [-0.4, -0.2) is 4.98 Å². The van der Waals surface area contributed by atoms with E-state index in [1.165, 1.54) is 10.8 Å². The topological polar surface area (TPSA) is 26.0 Å². The Morgan fingerprint density at radius 2 is 1.32 bits per heavy atom. The molecule has 0 saturated carbocycles. The predicted octanol–water partition coefficient (Wildman–Crippen LogP) is 6.32. The molecule has 0 aliphatic heterocycles. The second-order valence-electron chi connectivity index (χ2n) is 6.09. The van der Waals surface area contributed by atoms with Crippen LogP contribution in [0.2, 0.25) is 0 Å². The van der Waals surface area contributed by atoms with Crippen molar-refractivity contribution in [3.8, 4) is 22.6 Å². The Labute approximate surface area is 145 Å². The molecule has 2 nitrogen and oxygen atoms in total. The minimum atomic E-state index is 0.657. The molecule has 0 saturated heterocycles. The maximum absolute atomic E-state index is 5.99. The van der Waals surface area contributed by atoms with Gasteiger partial charge in [0.1, 0.15) is 5.52 Å². The standard InChI is InChI=1S/C23H15NO/c1-2-8-17-15-18(14-13-16(17)7-1)19-9-3-4-10-20(19)23-24-21-11-5-6-12-22(21)25-23/h1-15H. The largest absolute Gasteiger partial charge is 0.436 e. The van der Waals surface area contributed by atoms with Crippen molar-refractivity contribution in [3.63, 3.8) is 0 Å². The molecule has 0 aliphatic rings. The van der Waals surface area contributed by atoms with Crippen molar-refractivity contribution in [2.45, 2.75) is 0 Å². The van der Waals surface area contributed by atoms with Gasteiger partial charge in [0.05, 0.1) is 0 Å². The van der Waals surface area contributed by atoms with Gasteiger partial charge in [-0.25, -0.2) is 4.98 Å². The van der Waals surface area contributed by atoms with Crippen LogP contribution < -0.4 is 0 Å². The van der Waals surface area contributed by atoms with Crippen molar-refractivity contribution in [1.82, 2.24) is 4.98 Å². The number of rotatable bonds is 2. The lowest BCUT2D eigenvalue weighted by Crippen LogP contribution is -1.85. The molecule has 2 heteroatoms. The van der Waals surface area contributed by atoms with Crippen molar-refractivity contribution < 1.29 is 4.42 Å². The first kappa shape index (κ1) is 14.0. The Bertz CT molecular complexity index is 1170. The molecular weight excluding hydrogens is 306 g/mol. The zero-order valence-corrected chi connectivity index (χ0v) is 13.5. The molecule has 0 N–H and O–H groups in total. The summed E-state index contributed by atoms with van der Waals surface area (Å²) < 4.78 is 5.99. The Kier molecular flexibility index (Phi) is 3.14. The fourth-order valence-corrected chi connectivity index (χ4v) is 3.27. The molecule has 0 unspecified atom stereocenters. The summed E-state index contributed by atoms with van der Waals surface area (Å²) in [4.78, 5) is 4.66. The fraction of sp³-hybridized carbons (Fsp3) is 0. The zero-order chi connectivity index (χ0) is 16.6. The van der Waals surface area contributed by atoms with E-state index >= 15 is 0 Å². The summed E-state index contributed by atoms with van der Waals surface area (Å²) in [6.07, 6.45) is 0. The van der Waals surface area contributed by atoms with Crippen molar-refractivity contribution >= 4 is 21.9 Å². The zero-order valence-electron chi connectivity index (χ0n) is 13.5. The third-order valence-electron chi connectivity index (χ3n) is 4.51. The smallest absolute Gasteiger partial charge is 0.227 e. The van der Waals surface area contributed by atoms with Crippen molar-refractivity contribution in [1.29, 1.82) is 0 Å². The number of fused-ring (bicyclic) bond motifs is 2. The molecule has 5 rings (SSSR count). The van der Waals surface area contributed by atoms with E-state index in [0.717, 1.165) is 27.8 Å². The highest BCUT2D eigenvalue weighted by Crippen LogP contribution is 2.34. The molecule has 5 aromatic rings. The first-order valence-corrected chi connectivity index (χ1v) is 8.33. The van der Waals surface area contributed by atoms with Crippen LogP contribution >= 0.6 is 0 Å². The fourth-order valence-electron chi connectivity index (χ4n) is 3.27. The summed E-state index contributed by atoms with van der Waals surface area (Å²) in [6, 6.07) is 31.1. The van der Waals surface area contributed by atoms with Crippen molar-refractivity contribution in [2.75, 3.05) is 0 Å². The molecule has 0 spiro atoms. The van der Waals surface area contributed by atoms with Crippen LogP contribution in [0.25, 0.3) is 44.5 Å². The van der Waals surface area contributed by atoms with Gasteiger partial charge in [-0.1, -0.05) is 66.7 Å². The van der Waals surface area contributed by atoms with E-state index in [1.807, 2.05) is 30.3 Å². The van der Waals surface area contributed by atoms with Gasteiger partial charge in [-0.2, -0.15) is 0 Å². The van der Waals surface area contributed by atoms with Crippen LogP contribution in [-0.2, 0) is 0 Å². The molecular formula is C23H15NO. The maximum Gasteiger partial charge on any atom is 0.227 e.